The third kappa shape index (κ3) is 3.42. The molecule has 1 atom stereocenters. The highest BCUT2D eigenvalue weighted by Gasteiger charge is 2.18. The molecule has 100 valence electrons. The van der Waals surface area contributed by atoms with Crippen LogP contribution in [0.2, 0.25) is 5.02 Å². The van der Waals surface area contributed by atoms with Crippen molar-refractivity contribution in [2.75, 3.05) is 44.0 Å². The molecule has 0 spiro atoms. The van der Waals surface area contributed by atoms with Crippen LogP contribution in [-0.4, -0.2) is 54.3 Å². The third-order valence-electron chi connectivity index (χ3n) is 2.71. The fourth-order valence-electron chi connectivity index (χ4n) is 1.76. The standard InChI is InChI=1S/C10H17ClN6O/c1-17-2-3-18-7(6-17)4-13-9-8(11)5-14-10(15-9)16-12/h5,7H,2-4,6,12H2,1H3,(H2,13,14,15,16). The molecular weight excluding hydrogens is 256 g/mol. The maximum absolute atomic E-state index is 5.99. The fourth-order valence-corrected chi connectivity index (χ4v) is 1.92. The summed E-state index contributed by atoms with van der Waals surface area (Å²) in [5.41, 5.74) is 2.38. The molecule has 0 bridgehead atoms. The maximum atomic E-state index is 5.99. The van der Waals surface area contributed by atoms with E-state index in [-0.39, 0.29) is 6.10 Å². The normalized spacial score (nSPS) is 20.7. The third-order valence-corrected chi connectivity index (χ3v) is 2.99. The van der Waals surface area contributed by atoms with Gasteiger partial charge in [0.2, 0.25) is 5.95 Å². The Morgan fingerprint density at radius 1 is 1.67 bits per heavy atom. The van der Waals surface area contributed by atoms with Crippen LogP contribution < -0.4 is 16.6 Å². The van der Waals surface area contributed by atoms with E-state index >= 15 is 0 Å². The van der Waals surface area contributed by atoms with Gasteiger partial charge in [0.15, 0.2) is 5.82 Å². The van der Waals surface area contributed by atoms with Gasteiger partial charge in [0, 0.05) is 19.6 Å². The Bertz CT molecular complexity index is 404. The molecule has 0 radical (unpaired) electrons. The van der Waals surface area contributed by atoms with Crippen LogP contribution in [0.4, 0.5) is 11.8 Å². The van der Waals surface area contributed by atoms with Gasteiger partial charge in [0.25, 0.3) is 0 Å². The van der Waals surface area contributed by atoms with E-state index in [1.165, 1.54) is 6.20 Å². The fraction of sp³-hybridized carbons (Fsp3) is 0.600. The maximum Gasteiger partial charge on any atom is 0.239 e. The van der Waals surface area contributed by atoms with E-state index in [1.807, 2.05) is 0 Å². The van der Waals surface area contributed by atoms with Gasteiger partial charge in [-0.2, -0.15) is 4.98 Å². The number of nitrogen functional groups attached to an aromatic ring is 1. The van der Waals surface area contributed by atoms with Crippen molar-refractivity contribution in [3.63, 3.8) is 0 Å². The number of halogens is 1. The van der Waals surface area contributed by atoms with Crippen LogP contribution >= 0.6 is 11.6 Å². The summed E-state index contributed by atoms with van der Waals surface area (Å²) in [4.78, 5) is 10.3. The summed E-state index contributed by atoms with van der Waals surface area (Å²) < 4.78 is 5.64. The molecule has 2 rings (SSSR count). The second-order valence-corrected chi connectivity index (χ2v) is 4.58. The molecule has 2 heterocycles. The average Bonchev–Trinajstić information content (AvgIpc) is 2.38. The number of nitrogens with two attached hydrogens (primary N) is 1. The number of hydrogen-bond donors (Lipinski definition) is 3. The monoisotopic (exact) mass is 272 g/mol. The number of likely N-dealkylation sites (N-methyl/N-ethyl adjacent to an activating group) is 1. The topological polar surface area (TPSA) is 88.3 Å². The summed E-state index contributed by atoms with van der Waals surface area (Å²) >= 11 is 5.99. The zero-order valence-electron chi connectivity index (χ0n) is 10.2. The molecule has 1 aromatic heterocycles. The van der Waals surface area contributed by atoms with Gasteiger partial charge in [-0.15, -0.1) is 0 Å². The molecule has 0 aliphatic carbocycles. The Morgan fingerprint density at radius 3 is 3.22 bits per heavy atom. The quantitative estimate of drug-likeness (QED) is 0.531. The first-order chi connectivity index (χ1) is 8.69. The van der Waals surface area contributed by atoms with Gasteiger partial charge in [-0.05, 0) is 7.05 Å². The number of nitrogens with zero attached hydrogens (tertiary/aromatic N) is 3. The highest BCUT2D eigenvalue weighted by atomic mass is 35.5. The Kier molecular flexibility index (Phi) is 4.54. The number of hydrogen-bond acceptors (Lipinski definition) is 7. The molecule has 8 heteroatoms. The highest BCUT2D eigenvalue weighted by molar-refractivity contribution is 6.32. The molecule has 0 amide bonds. The minimum Gasteiger partial charge on any atom is -0.374 e. The first kappa shape index (κ1) is 13.3. The second-order valence-electron chi connectivity index (χ2n) is 4.17. The lowest BCUT2D eigenvalue weighted by molar-refractivity contribution is -0.0117. The highest BCUT2D eigenvalue weighted by Crippen LogP contribution is 2.19. The van der Waals surface area contributed by atoms with Gasteiger partial charge in [-0.25, -0.2) is 10.8 Å². The second kappa shape index (κ2) is 6.14. The van der Waals surface area contributed by atoms with Crippen molar-refractivity contribution >= 4 is 23.4 Å². The molecular formula is C10H17ClN6O. The summed E-state index contributed by atoms with van der Waals surface area (Å²) in [6, 6.07) is 0. The molecule has 0 aromatic carbocycles. The van der Waals surface area contributed by atoms with E-state index in [0.29, 0.717) is 23.3 Å². The van der Waals surface area contributed by atoms with Gasteiger partial charge < -0.3 is 15.0 Å². The van der Waals surface area contributed by atoms with Crippen molar-refractivity contribution in [2.24, 2.45) is 5.84 Å². The molecule has 7 nitrogen and oxygen atoms in total. The smallest absolute Gasteiger partial charge is 0.239 e. The molecule has 1 unspecified atom stereocenters. The van der Waals surface area contributed by atoms with Crippen molar-refractivity contribution in [3.8, 4) is 0 Å². The van der Waals surface area contributed by atoms with Crippen LogP contribution in [0.25, 0.3) is 0 Å². The summed E-state index contributed by atoms with van der Waals surface area (Å²) in [7, 11) is 2.07. The number of rotatable bonds is 4. The summed E-state index contributed by atoms with van der Waals surface area (Å²) in [5.74, 6) is 6.12. The van der Waals surface area contributed by atoms with E-state index in [4.69, 9.17) is 22.2 Å². The Labute approximate surface area is 111 Å². The zero-order chi connectivity index (χ0) is 13.0. The SMILES string of the molecule is CN1CCOC(CNc2nc(NN)ncc2Cl)C1. The van der Waals surface area contributed by atoms with Crippen LogP contribution in [-0.2, 0) is 4.74 Å². The first-order valence-corrected chi connectivity index (χ1v) is 6.10. The minimum absolute atomic E-state index is 0.129. The summed E-state index contributed by atoms with van der Waals surface area (Å²) in [6.07, 6.45) is 1.63. The van der Waals surface area contributed by atoms with Crippen LogP contribution in [0.5, 0.6) is 0 Å². The average molecular weight is 273 g/mol. The molecule has 18 heavy (non-hydrogen) atoms. The number of ether oxygens (including phenoxy) is 1. The van der Waals surface area contributed by atoms with Crippen molar-refractivity contribution in [3.05, 3.63) is 11.2 Å². The van der Waals surface area contributed by atoms with Gasteiger partial charge in [-0.3, -0.25) is 5.43 Å². The number of nitrogens with one attached hydrogen (secondary N) is 2. The van der Waals surface area contributed by atoms with Crippen LogP contribution in [0.3, 0.4) is 0 Å². The number of aromatic nitrogens is 2. The number of anilines is 2. The largest absolute Gasteiger partial charge is 0.374 e. The lowest BCUT2D eigenvalue weighted by Crippen LogP contribution is -2.43. The van der Waals surface area contributed by atoms with E-state index in [9.17, 15) is 0 Å². The lowest BCUT2D eigenvalue weighted by atomic mass is 10.3. The van der Waals surface area contributed by atoms with E-state index < -0.39 is 0 Å². The van der Waals surface area contributed by atoms with Crippen molar-refractivity contribution in [1.29, 1.82) is 0 Å². The Hall–Kier alpha value is -1.15. The molecule has 0 saturated carbocycles. The predicted octanol–water partition coefficient (Wildman–Crippen LogP) is 0.158. The zero-order valence-corrected chi connectivity index (χ0v) is 10.9. The Balaban J connectivity index is 1.92. The van der Waals surface area contributed by atoms with Crippen LogP contribution in [0.1, 0.15) is 0 Å². The summed E-state index contributed by atoms with van der Waals surface area (Å²) in [5, 5.41) is 3.60. The van der Waals surface area contributed by atoms with E-state index in [2.05, 4.69) is 32.7 Å². The predicted molar refractivity (Wildman–Crippen MR) is 70.6 cm³/mol. The van der Waals surface area contributed by atoms with Crippen LogP contribution in [0, 0.1) is 0 Å². The van der Waals surface area contributed by atoms with E-state index in [0.717, 1.165) is 19.7 Å². The van der Waals surface area contributed by atoms with E-state index in [1.54, 1.807) is 0 Å². The molecule has 1 aliphatic heterocycles. The van der Waals surface area contributed by atoms with Crippen molar-refractivity contribution in [2.45, 2.75) is 6.10 Å². The first-order valence-electron chi connectivity index (χ1n) is 5.72. The van der Waals surface area contributed by atoms with Crippen molar-refractivity contribution < 1.29 is 4.74 Å². The van der Waals surface area contributed by atoms with Gasteiger partial charge in [0.05, 0.1) is 18.9 Å². The van der Waals surface area contributed by atoms with Crippen molar-refractivity contribution in [1.82, 2.24) is 14.9 Å². The minimum atomic E-state index is 0.129. The lowest BCUT2D eigenvalue weighted by Gasteiger charge is -2.30. The molecule has 1 aliphatic rings. The number of morpholine rings is 1. The van der Waals surface area contributed by atoms with Gasteiger partial charge >= 0.3 is 0 Å². The van der Waals surface area contributed by atoms with Crippen LogP contribution in [0.15, 0.2) is 6.20 Å². The molecule has 1 fully saturated rings. The number of hydrazine groups is 1. The van der Waals surface area contributed by atoms with Gasteiger partial charge in [0.1, 0.15) is 5.02 Å². The Morgan fingerprint density at radius 2 is 2.50 bits per heavy atom. The molecule has 4 N–H and O–H groups in total. The summed E-state index contributed by atoms with van der Waals surface area (Å²) in [6.45, 7) is 3.24. The molecule has 1 aromatic rings. The van der Waals surface area contributed by atoms with Gasteiger partial charge in [-0.1, -0.05) is 11.6 Å². The molecule has 1 saturated heterocycles.